The van der Waals surface area contributed by atoms with Crippen molar-refractivity contribution in [3.63, 3.8) is 0 Å². The molecule has 0 saturated carbocycles. The highest BCUT2D eigenvalue weighted by Gasteiger charge is 2.37. The molecule has 0 aromatic carbocycles. The molecule has 1 saturated heterocycles. The Kier molecular flexibility index (Phi) is 2.80. The monoisotopic (exact) mass is 163 g/mol. The van der Waals surface area contributed by atoms with Crippen molar-refractivity contribution in [2.24, 2.45) is 0 Å². The molecular weight excluding hydrogens is 152 g/mol. The molecule has 1 fully saturated rings. The highest BCUT2D eigenvalue weighted by atomic mass is 16.7. The summed E-state index contributed by atoms with van der Waals surface area (Å²) < 4.78 is 9.31. The van der Waals surface area contributed by atoms with E-state index in [0.717, 1.165) is 0 Å². The predicted octanol–water partition coefficient (Wildman–Crippen LogP) is -2.56. The Bertz CT molecular complexity index is 128. The average molecular weight is 163 g/mol. The number of hydrogen-bond donors (Lipinski definition) is 2. The fourth-order valence-corrected chi connectivity index (χ4v) is 1.10. The molecule has 2 N–H and O–H groups in total. The molecule has 0 amide bonds. The average Bonchev–Trinajstić information content (AvgIpc) is 2.26. The molecule has 0 bridgehead atoms. The van der Waals surface area contributed by atoms with Crippen molar-refractivity contribution in [2.75, 3.05) is 13.7 Å². The van der Waals surface area contributed by atoms with Gasteiger partial charge in [0.25, 0.3) is 0 Å². The second-order valence-corrected chi connectivity index (χ2v) is 2.42. The molecule has 0 aliphatic carbocycles. The molecule has 0 radical (unpaired) electrons. The summed E-state index contributed by atoms with van der Waals surface area (Å²) in [6.45, 7) is -0.361. The van der Waals surface area contributed by atoms with Gasteiger partial charge in [0.15, 0.2) is 0 Å². The Morgan fingerprint density at radius 1 is 1.64 bits per heavy atom. The standard InChI is InChI=1S/C6H11O5/c1-10-5-4(8)3(2-7)11-6(5)9/h3-8H,2H2,1H3/q-1/t3-,4-,5-,6+/m1/s1. The van der Waals surface area contributed by atoms with Crippen molar-refractivity contribution >= 4 is 0 Å². The van der Waals surface area contributed by atoms with Gasteiger partial charge in [-0.3, -0.25) is 0 Å². The zero-order valence-electron chi connectivity index (χ0n) is 6.14. The molecule has 5 nitrogen and oxygen atoms in total. The van der Waals surface area contributed by atoms with Gasteiger partial charge in [0.2, 0.25) is 0 Å². The number of methoxy groups -OCH3 is 1. The summed E-state index contributed by atoms with van der Waals surface area (Å²) in [5.74, 6) is 0. The van der Waals surface area contributed by atoms with E-state index in [9.17, 15) is 10.2 Å². The third-order valence-corrected chi connectivity index (χ3v) is 1.75. The molecule has 1 aliphatic rings. The van der Waals surface area contributed by atoms with Crippen LogP contribution in [-0.4, -0.2) is 48.5 Å². The maximum Gasteiger partial charge on any atom is 0.110 e. The first-order chi connectivity index (χ1) is 5.20. The van der Waals surface area contributed by atoms with Gasteiger partial charge in [-0.25, -0.2) is 0 Å². The molecule has 1 rings (SSSR count). The smallest absolute Gasteiger partial charge is 0.110 e. The van der Waals surface area contributed by atoms with Crippen molar-refractivity contribution in [3.8, 4) is 0 Å². The van der Waals surface area contributed by atoms with Crippen LogP contribution in [0.25, 0.3) is 0 Å². The van der Waals surface area contributed by atoms with Gasteiger partial charge in [0, 0.05) is 13.4 Å². The predicted molar refractivity (Wildman–Crippen MR) is 32.6 cm³/mol. The molecule has 5 heteroatoms. The van der Waals surface area contributed by atoms with Crippen LogP contribution in [0.5, 0.6) is 0 Å². The van der Waals surface area contributed by atoms with E-state index in [1.165, 1.54) is 7.11 Å². The summed E-state index contributed by atoms with van der Waals surface area (Å²) in [4.78, 5) is 0. The third kappa shape index (κ3) is 1.52. The molecule has 0 aromatic heterocycles. The van der Waals surface area contributed by atoms with Gasteiger partial charge in [-0.1, -0.05) is 0 Å². The Hall–Kier alpha value is -0.200. The minimum atomic E-state index is -1.40. The lowest BCUT2D eigenvalue weighted by atomic mass is 10.1. The molecule has 11 heavy (non-hydrogen) atoms. The highest BCUT2D eigenvalue weighted by molar-refractivity contribution is 4.85. The van der Waals surface area contributed by atoms with Crippen LogP contribution in [0.2, 0.25) is 0 Å². The molecule has 0 spiro atoms. The van der Waals surface area contributed by atoms with E-state index in [4.69, 9.17) is 5.11 Å². The van der Waals surface area contributed by atoms with Gasteiger partial charge in [-0.05, 0) is 0 Å². The van der Waals surface area contributed by atoms with Crippen LogP contribution in [0, 0.1) is 0 Å². The first-order valence-corrected chi connectivity index (χ1v) is 3.33. The zero-order chi connectivity index (χ0) is 8.43. The van der Waals surface area contributed by atoms with E-state index >= 15 is 0 Å². The van der Waals surface area contributed by atoms with E-state index in [-0.39, 0.29) is 6.61 Å². The van der Waals surface area contributed by atoms with E-state index in [1.807, 2.05) is 0 Å². The van der Waals surface area contributed by atoms with E-state index < -0.39 is 24.6 Å². The number of aliphatic hydroxyl groups is 2. The quantitative estimate of drug-likeness (QED) is 0.468. The number of ether oxygens (including phenoxy) is 2. The van der Waals surface area contributed by atoms with Crippen LogP contribution in [0.3, 0.4) is 0 Å². The minimum absolute atomic E-state index is 0.361. The molecule has 0 unspecified atom stereocenters. The summed E-state index contributed by atoms with van der Waals surface area (Å²) in [5.41, 5.74) is 0. The first-order valence-electron chi connectivity index (χ1n) is 3.33. The Balaban J connectivity index is 2.55. The van der Waals surface area contributed by atoms with Crippen LogP contribution in [0.15, 0.2) is 0 Å². The van der Waals surface area contributed by atoms with Crippen molar-refractivity contribution in [2.45, 2.75) is 24.6 Å². The van der Waals surface area contributed by atoms with Gasteiger partial charge in [0.1, 0.15) is 12.2 Å². The lowest BCUT2D eigenvalue weighted by Crippen LogP contribution is -2.40. The SMILES string of the molecule is CO[C@@H]1[C@H](O)[C@@H](CO)O[C@@H]1[O-]. The summed E-state index contributed by atoms with van der Waals surface area (Å²) in [6.07, 6.45) is -4.09. The summed E-state index contributed by atoms with van der Waals surface area (Å²) in [7, 11) is 1.32. The minimum Gasteiger partial charge on any atom is -0.829 e. The number of hydrogen-bond acceptors (Lipinski definition) is 5. The summed E-state index contributed by atoms with van der Waals surface area (Å²) in [6, 6.07) is 0. The second kappa shape index (κ2) is 3.46. The van der Waals surface area contributed by atoms with Crippen molar-refractivity contribution < 1.29 is 24.8 Å². The van der Waals surface area contributed by atoms with Gasteiger partial charge < -0.3 is 24.8 Å². The Labute approximate surface area is 64.2 Å². The molecular formula is C6H11O5-. The third-order valence-electron chi connectivity index (χ3n) is 1.75. The highest BCUT2D eigenvalue weighted by Crippen LogP contribution is 2.19. The molecule has 4 atom stereocenters. The molecule has 66 valence electrons. The van der Waals surface area contributed by atoms with Crippen molar-refractivity contribution in [1.29, 1.82) is 0 Å². The molecule has 0 aromatic rings. The molecule has 1 aliphatic heterocycles. The lowest BCUT2D eigenvalue weighted by Gasteiger charge is -2.22. The van der Waals surface area contributed by atoms with Crippen LogP contribution in [-0.2, 0) is 9.47 Å². The van der Waals surface area contributed by atoms with E-state index in [2.05, 4.69) is 9.47 Å². The van der Waals surface area contributed by atoms with Gasteiger partial charge >= 0.3 is 0 Å². The first kappa shape index (κ1) is 8.89. The lowest BCUT2D eigenvalue weighted by molar-refractivity contribution is -0.499. The van der Waals surface area contributed by atoms with Gasteiger partial charge in [-0.15, -0.1) is 0 Å². The van der Waals surface area contributed by atoms with Gasteiger partial charge in [0.05, 0.1) is 12.7 Å². The second-order valence-electron chi connectivity index (χ2n) is 2.42. The maximum atomic E-state index is 10.9. The fraction of sp³-hybridized carbons (Fsp3) is 1.00. The van der Waals surface area contributed by atoms with Crippen LogP contribution in [0.4, 0.5) is 0 Å². The topological polar surface area (TPSA) is 82.0 Å². The Morgan fingerprint density at radius 3 is 2.55 bits per heavy atom. The largest absolute Gasteiger partial charge is 0.829 e. The van der Waals surface area contributed by atoms with E-state index in [1.54, 1.807) is 0 Å². The zero-order valence-corrected chi connectivity index (χ0v) is 6.14. The van der Waals surface area contributed by atoms with Crippen molar-refractivity contribution in [3.05, 3.63) is 0 Å². The summed E-state index contributed by atoms with van der Waals surface area (Å²) >= 11 is 0. The normalized spacial score (nSPS) is 44.7. The van der Waals surface area contributed by atoms with Gasteiger partial charge in [-0.2, -0.15) is 0 Å². The van der Waals surface area contributed by atoms with E-state index in [0.29, 0.717) is 0 Å². The Morgan fingerprint density at radius 2 is 2.27 bits per heavy atom. The summed E-state index contributed by atoms with van der Waals surface area (Å²) in [5, 5.41) is 28.6. The molecule has 1 heterocycles. The van der Waals surface area contributed by atoms with Crippen LogP contribution >= 0.6 is 0 Å². The maximum absolute atomic E-state index is 10.9. The van der Waals surface area contributed by atoms with Crippen LogP contribution in [0.1, 0.15) is 0 Å². The van der Waals surface area contributed by atoms with Crippen molar-refractivity contribution in [1.82, 2.24) is 0 Å². The number of aliphatic hydroxyl groups excluding tert-OH is 2. The van der Waals surface area contributed by atoms with Crippen LogP contribution < -0.4 is 5.11 Å². The number of rotatable bonds is 2. The fourth-order valence-electron chi connectivity index (χ4n) is 1.10.